The largest absolute Gasteiger partial charge is 0.492 e. The molecule has 0 radical (unpaired) electrons. The number of halogens is 1. The van der Waals surface area contributed by atoms with Gasteiger partial charge in [-0.25, -0.2) is 0 Å². The molecule has 0 heterocycles. The highest BCUT2D eigenvalue weighted by Gasteiger charge is 2.15. The van der Waals surface area contributed by atoms with Crippen LogP contribution in [0.1, 0.15) is 36.7 Å². The first-order chi connectivity index (χ1) is 12.3. The first-order valence-corrected chi connectivity index (χ1v) is 9.17. The summed E-state index contributed by atoms with van der Waals surface area (Å²) >= 11 is 3.40. The van der Waals surface area contributed by atoms with Crippen LogP contribution >= 0.6 is 15.9 Å². The fourth-order valence-corrected chi connectivity index (χ4v) is 2.65. The van der Waals surface area contributed by atoms with E-state index in [9.17, 15) is 9.59 Å². The molecule has 2 N–H and O–H groups in total. The van der Waals surface area contributed by atoms with Crippen molar-refractivity contribution in [2.45, 2.75) is 27.7 Å². The Bertz CT molecular complexity index is 819. The van der Waals surface area contributed by atoms with Crippen molar-refractivity contribution in [3.63, 3.8) is 0 Å². The molecule has 0 unspecified atom stereocenters. The highest BCUT2D eigenvalue weighted by Crippen LogP contribution is 2.26. The monoisotopic (exact) mass is 418 g/mol. The van der Waals surface area contributed by atoms with Gasteiger partial charge in [0.1, 0.15) is 5.75 Å². The van der Waals surface area contributed by atoms with E-state index in [1.807, 2.05) is 19.1 Å². The van der Waals surface area contributed by atoms with Crippen molar-refractivity contribution in [2.24, 2.45) is 5.92 Å². The standard InChI is InChI=1S/C20H23BrN2O3/c1-12(2)11-26-19-8-6-15(21)9-17(19)20(25)23-16-7-5-13(3)18(10-16)22-14(4)24/h5-10,12H,11H2,1-4H3,(H,22,24)(H,23,25). The molecule has 0 aliphatic rings. The van der Waals surface area contributed by atoms with E-state index >= 15 is 0 Å². The van der Waals surface area contributed by atoms with Crippen LogP contribution in [0.5, 0.6) is 5.75 Å². The van der Waals surface area contributed by atoms with E-state index in [4.69, 9.17) is 4.74 Å². The molecule has 2 rings (SSSR count). The summed E-state index contributed by atoms with van der Waals surface area (Å²) in [5, 5.41) is 5.62. The van der Waals surface area contributed by atoms with E-state index in [0.717, 1.165) is 10.0 Å². The highest BCUT2D eigenvalue weighted by atomic mass is 79.9. The molecule has 5 nitrogen and oxygen atoms in total. The summed E-state index contributed by atoms with van der Waals surface area (Å²) in [7, 11) is 0. The van der Waals surface area contributed by atoms with Crippen molar-refractivity contribution < 1.29 is 14.3 Å². The zero-order chi connectivity index (χ0) is 19.3. The second-order valence-corrected chi connectivity index (χ2v) is 7.43. The molecule has 138 valence electrons. The van der Waals surface area contributed by atoms with Crippen LogP contribution in [0.3, 0.4) is 0 Å². The maximum Gasteiger partial charge on any atom is 0.259 e. The number of rotatable bonds is 6. The van der Waals surface area contributed by atoms with Gasteiger partial charge in [0, 0.05) is 22.8 Å². The molecule has 0 spiro atoms. The molecule has 0 saturated heterocycles. The Morgan fingerprint density at radius 3 is 2.50 bits per heavy atom. The summed E-state index contributed by atoms with van der Waals surface area (Å²) in [6.07, 6.45) is 0. The summed E-state index contributed by atoms with van der Waals surface area (Å²) in [5.74, 6) is 0.455. The van der Waals surface area contributed by atoms with Crippen molar-refractivity contribution in [3.05, 3.63) is 52.0 Å². The number of ether oxygens (including phenoxy) is 1. The predicted octanol–water partition coefficient (Wildman–Crippen LogP) is 5.00. The third-order valence-corrected chi connectivity index (χ3v) is 4.06. The number of hydrogen-bond donors (Lipinski definition) is 2. The number of amides is 2. The molecule has 0 aromatic heterocycles. The molecule has 0 aliphatic carbocycles. The van der Waals surface area contributed by atoms with E-state index in [0.29, 0.717) is 35.2 Å². The zero-order valence-corrected chi connectivity index (χ0v) is 16.9. The van der Waals surface area contributed by atoms with Crippen LogP contribution in [-0.4, -0.2) is 18.4 Å². The Kier molecular flexibility index (Phi) is 6.80. The van der Waals surface area contributed by atoms with Gasteiger partial charge >= 0.3 is 0 Å². The molecule has 0 atom stereocenters. The topological polar surface area (TPSA) is 67.4 Å². The molecular formula is C20H23BrN2O3. The second kappa shape index (κ2) is 8.85. The summed E-state index contributed by atoms with van der Waals surface area (Å²) in [6, 6.07) is 10.7. The lowest BCUT2D eigenvalue weighted by Crippen LogP contribution is -2.15. The predicted molar refractivity (Wildman–Crippen MR) is 108 cm³/mol. The maximum absolute atomic E-state index is 12.8. The van der Waals surface area contributed by atoms with Gasteiger partial charge in [0.15, 0.2) is 0 Å². The Balaban J connectivity index is 2.24. The fraction of sp³-hybridized carbons (Fsp3) is 0.300. The lowest BCUT2D eigenvalue weighted by molar-refractivity contribution is -0.114. The van der Waals surface area contributed by atoms with Crippen molar-refractivity contribution >= 4 is 39.1 Å². The van der Waals surface area contributed by atoms with E-state index in [2.05, 4.69) is 40.4 Å². The SMILES string of the molecule is CC(=O)Nc1cc(NC(=O)c2cc(Br)ccc2OCC(C)C)ccc1C. The zero-order valence-electron chi connectivity index (χ0n) is 15.4. The van der Waals surface area contributed by atoms with Crippen molar-refractivity contribution in [2.75, 3.05) is 17.2 Å². The molecule has 0 fully saturated rings. The average molecular weight is 419 g/mol. The van der Waals surface area contributed by atoms with Crippen LogP contribution in [0, 0.1) is 12.8 Å². The minimum atomic E-state index is -0.275. The van der Waals surface area contributed by atoms with E-state index < -0.39 is 0 Å². The van der Waals surface area contributed by atoms with Gasteiger partial charge in [-0.15, -0.1) is 0 Å². The van der Waals surface area contributed by atoms with Gasteiger partial charge in [-0.3, -0.25) is 9.59 Å². The van der Waals surface area contributed by atoms with Gasteiger partial charge in [0.2, 0.25) is 5.91 Å². The highest BCUT2D eigenvalue weighted by molar-refractivity contribution is 9.10. The number of nitrogens with one attached hydrogen (secondary N) is 2. The molecule has 26 heavy (non-hydrogen) atoms. The molecule has 6 heteroatoms. The van der Waals surface area contributed by atoms with Crippen molar-refractivity contribution in [1.29, 1.82) is 0 Å². The normalized spacial score (nSPS) is 10.5. The fourth-order valence-electron chi connectivity index (χ4n) is 2.28. The van der Waals surface area contributed by atoms with Gasteiger partial charge in [-0.1, -0.05) is 35.8 Å². The van der Waals surface area contributed by atoms with E-state index in [1.165, 1.54) is 6.92 Å². The first-order valence-electron chi connectivity index (χ1n) is 8.38. The Morgan fingerprint density at radius 1 is 1.12 bits per heavy atom. The minimum absolute atomic E-state index is 0.159. The summed E-state index contributed by atoms with van der Waals surface area (Å²) in [5.41, 5.74) is 2.63. The third-order valence-electron chi connectivity index (χ3n) is 3.56. The minimum Gasteiger partial charge on any atom is -0.492 e. The van der Waals surface area contributed by atoms with Crippen molar-refractivity contribution in [3.8, 4) is 5.75 Å². The Hall–Kier alpha value is -2.34. The van der Waals surface area contributed by atoms with Gasteiger partial charge in [0.25, 0.3) is 5.91 Å². The van der Waals surface area contributed by atoms with E-state index in [-0.39, 0.29) is 11.8 Å². The number of aryl methyl sites for hydroxylation is 1. The van der Waals surface area contributed by atoms with Gasteiger partial charge in [-0.2, -0.15) is 0 Å². The number of carbonyl (C=O) groups excluding carboxylic acids is 2. The number of hydrogen-bond acceptors (Lipinski definition) is 3. The summed E-state index contributed by atoms with van der Waals surface area (Å²) < 4.78 is 6.56. The summed E-state index contributed by atoms with van der Waals surface area (Å²) in [4.78, 5) is 24.1. The van der Waals surface area contributed by atoms with Crippen LogP contribution in [0.2, 0.25) is 0 Å². The van der Waals surface area contributed by atoms with E-state index in [1.54, 1.807) is 24.3 Å². The second-order valence-electron chi connectivity index (χ2n) is 6.51. The smallest absolute Gasteiger partial charge is 0.259 e. The molecule has 2 aromatic carbocycles. The molecule has 2 aromatic rings. The molecule has 2 amide bonds. The van der Waals surface area contributed by atoms with Crippen molar-refractivity contribution in [1.82, 2.24) is 0 Å². The van der Waals surface area contributed by atoms with Crippen LogP contribution in [0.4, 0.5) is 11.4 Å². The molecule has 0 aliphatic heterocycles. The third kappa shape index (κ3) is 5.59. The quantitative estimate of drug-likeness (QED) is 0.692. The number of carbonyl (C=O) groups is 2. The molecular weight excluding hydrogens is 396 g/mol. The number of benzene rings is 2. The number of anilines is 2. The van der Waals surface area contributed by atoms with Gasteiger partial charge < -0.3 is 15.4 Å². The lowest BCUT2D eigenvalue weighted by atomic mass is 10.1. The van der Waals surface area contributed by atoms with Gasteiger partial charge in [-0.05, 0) is 48.7 Å². The van der Waals surface area contributed by atoms with Crippen LogP contribution in [-0.2, 0) is 4.79 Å². The van der Waals surface area contributed by atoms with Crippen LogP contribution < -0.4 is 15.4 Å². The Morgan fingerprint density at radius 2 is 1.85 bits per heavy atom. The average Bonchev–Trinajstić information content (AvgIpc) is 2.56. The van der Waals surface area contributed by atoms with Gasteiger partial charge in [0.05, 0.1) is 12.2 Å². The summed E-state index contributed by atoms with van der Waals surface area (Å²) in [6.45, 7) is 7.97. The molecule has 0 bridgehead atoms. The first kappa shape index (κ1) is 20.0. The maximum atomic E-state index is 12.8. The van der Waals surface area contributed by atoms with Crippen LogP contribution in [0.15, 0.2) is 40.9 Å². The molecule has 0 saturated carbocycles. The Labute approximate surface area is 162 Å². The lowest BCUT2D eigenvalue weighted by Gasteiger charge is -2.14. The van der Waals surface area contributed by atoms with Crippen LogP contribution in [0.25, 0.3) is 0 Å².